The molecule has 0 radical (unpaired) electrons. The Morgan fingerprint density at radius 1 is 1.00 bits per heavy atom. The number of thioether (sulfide) groups is 1. The number of amides is 2. The first-order valence-electron chi connectivity index (χ1n) is 6.72. The molecule has 23 heavy (non-hydrogen) atoms. The maximum Gasteiger partial charge on any atom is 0.271 e. The van der Waals surface area contributed by atoms with Crippen LogP contribution < -0.4 is 10.9 Å². The molecule has 0 spiro atoms. The van der Waals surface area contributed by atoms with Gasteiger partial charge in [-0.05, 0) is 23.8 Å². The molecule has 0 aliphatic carbocycles. The molecule has 2 amide bonds. The van der Waals surface area contributed by atoms with E-state index in [2.05, 4.69) is 10.9 Å². The first kappa shape index (κ1) is 17.7. The van der Waals surface area contributed by atoms with E-state index in [9.17, 15) is 9.59 Å². The van der Waals surface area contributed by atoms with Crippen molar-refractivity contribution in [2.45, 2.75) is 5.75 Å². The SMILES string of the molecule is O=C(CSCc1ccccc1)NNC(=O)c1cc(Cl)ccc1Cl. The van der Waals surface area contributed by atoms with Gasteiger partial charge in [0.15, 0.2) is 0 Å². The van der Waals surface area contributed by atoms with Crippen LogP contribution in [0.15, 0.2) is 48.5 Å². The number of benzene rings is 2. The zero-order valence-corrected chi connectivity index (χ0v) is 14.3. The highest BCUT2D eigenvalue weighted by Crippen LogP contribution is 2.20. The van der Waals surface area contributed by atoms with Crippen molar-refractivity contribution in [3.63, 3.8) is 0 Å². The van der Waals surface area contributed by atoms with Crippen LogP contribution >= 0.6 is 35.0 Å². The van der Waals surface area contributed by atoms with Gasteiger partial charge in [-0.1, -0.05) is 53.5 Å². The highest BCUT2D eigenvalue weighted by molar-refractivity contribution is 7.99. The van der Waals surface area contributed by atoms with E-state index in [1.165, 1.54) is 23.9 Å². The van der Waals surface area contributed by atoms with Crippen molar-refractivity contribution in [1.29, 1.82) is 0 Å². The number of rotatable bonds is 5. The summed E-state index contributed by atoms with van der Waals surface area (Å²) in [5, 5.41) is 0.656. The normalized spacial score (nSPS) is 10.2. The Morgan fingerprint density at radius 2 is 1.74 bits per heavy atom. The first-order chi connectivity index (χ1) is 11.1. The Labute approximate surface area is 148 Å². The van der Waals surface area contributed by atoms with Gasteiger partial charge in [0.25, 0.3) is 5.91 Å². The van der Waals surface area contributed by atoms with Gasteiger partial charge in [-0.25, -0.2) is 0 Å². The topological polar surface area (TPSA) is 58.2 Å². The van der Waals surface area contributed by atoms with Crippen LogP contribution in [0.2, 0.25) is 10.0 Å². The van der Waals surface area contributed by atoms with E-state index >= 15 is 0 Å². The van der Waals surface area contributed by atoms with Crippen LogP contribution in [0.4, 0.5) is 0 Å². The minimum absolute atomic E-state index is 0.205. The van der Waals surface area contributed by atoms with Gasteiger partial charge in [0.1, 0.15) is 0 Å². The van der Waals surface area contributed by atoms with Crippen LogP contribution in [0.5, 0.6) is 0 Å². The molecule has 0 aliphatic rings. The van der Waals surface area contributed by atoms with Crippen molar-refractivity contribution < 1.29 is 9.59 Å². The minimum Gasteiger partial charge on any atom is -0.272 e. The second-order valence-electron chi connectivity index (χ2n) is 4.60. The van der Waals surface area contributed by atoms with E-state index in [-0.39, 0.29) is 22.2 Å². The molecule has 0 saturated heterocycles. The van der Waals surface area contributed by atoms with Crippen LogP contribution in [-0.4, -0.2) is 17.6 Å². The predicted molar refractivity (Wildman–Crippen MR) is 94.7 cm³/mol. The van der Waals surface area contributed by atoms with E-state index in [0.29, 0.717) is 5.02 Å². The van der Waals surface area contributed by atoms with E-state index in [1.54, 1.807) is 6.07 Å². The molecular weight excluding hydrogens is 355 g/mol. The van der Waals surface area contributed by atoms with E-state index in [0.717, 1.165) is 11.3 Å². The average Bonchev–Trinajstić information content (AvgIpc) is 2.56. The summed E-state index contributed by atoms with van der Waals surface area (Å²) < 4.78 is 0. The Balaban J connectivity index is 1.75. The van der Waals surface area contributed by atoms with Gasteiger partial charge in [0.05, 0.1) is 16.3 Å². The Morgan fingerprint density at radius 3 is 2.48 bits per heavy atom. The van der Waals surface area contributed by atoms with Crippen molar-refractivity contribution >= 4 is 46.8 Å². The molecule has 0 fully saturated rings. The van der Waals surface area contributed by atoms with E-state index in [1.807, 2.05) is 30.3 Å². The summed E-state index contributed by atoms with van der Waals surface area (Å²) in [4.78, 5) is 23.7. The van der Waals surface area contributed by atoms with Gasteiger partial charge in [0, 0.05) is 10.8 Å². The van der Waals surface area contributed by atoms with E-state index in [4.69, 9.17) is 23.2 Å². The Bertz CT molecular complexity index is 696. The van der Waals surface area contributed by atoms with Crippen LogP contribution in [0.25, 0.3) is 0 Å². The molecule has 2 N–H and O–H groups in total. The number of carbonyl (C=O) groups is 2. The average molecular weight is 369 g/mol. The highest BCUT2D eigenvalue weighted by atomic mass is 35.5. The van der Waals surface area contributed by atoms with Gasteiger partial charge in [-0.3, -0.25) is 20.4 Å². The largest absolute Gasteiger partial charge is 0.272 e. The van der Waals surface area contributed by atoms with E-state index < -0.39 is 5.91 Å². The molecule has 0 aliphatic heterocycles. The lowest BCUT2D eigenvalue weighted by molar-refractivity contribution is -0.119. The second-order valence-corrected chi connectivity index (χ2v) is 6.43. The van der Waals surface area contributed by atoms with Crippen molar-refractivity contribution in [2.24, 2.45) is 0 Å². The maximum absolute atomic E-state index is 11.9. The van der Waals surface area contributed by atoms with Crippen molar-refractivity contribution in [3.05, 3.63) is 69.7 Å². The summed E-state index contributed by atoms with van der Waals surface area (Å²) in [6.07, 6.45) is 0. The van der Waals surface area contributed by atoms with Gasteiger partial charge >= 0.3 is 0 Å². The summed E-state index contributed by atoms with van der Waals surface area (Å²) in [6, 6.07) is 14.4. The van der Waals surface area contributed by atoms with Crippen LogP contribution in [-0.2, 0) is 10.5 Å². The fourth-order valence-corrected chi connectivity index (χ4v) is 2.90. The molecule has 2 aromatic carbocycles. The van der Waals surface area contributed by atoms with Gasteiger partial charge in [-0.2, -0.15) is 0 Å². The van der Waals surface area contributed by atoms with Crippen molar-refractivity contribution in [1.82, 2.24) is 10.9 Å². The minimum atomic E-state index is -0.515. The zero-order valence-electron chi connectivity index (χ0n) is 12.0. The van der Waals surface area contributed by atoms with Gasteiger partial charge in [0.2, 0.25) is 5.91 Å². The standard InChI is InChI=1S/C16H14Cl2N2O2S/c17-12-6-7-14(18)13(8-12)16(22)20-19-15(21)10-23-9-11-4-2-1-3-5-11/h1-8H,9-10H2,(H,19,21)(H,20,22). The molecular formula is C16H14Cl2N2O2S. The molecule has 0 heterocycles. The fourth-order valence-electron chi connectivity index (χ4n) is 1.74. The summed E-state index contributed by atoms with van der Waals surface area (Å²) in [5.74, 6) is 0.150. The lowest BCUT2D eigenvalue weighted by atomic mass is 10.2. The number of halogens is 2. The summed E-state index contributed by atoms with van der Waals surface area (Å²) in [7, 11) is 0. The summed E-state index contributed by atoms with van der Waals surface area (Å²) >= 11 is 13.2. The number of hydrogen-bond acceptors (Lipinski definition) is 3. The maximum atomic E-state index is 11.9. The van der Waals surface area contributed by atoms with Gasteiger partial charge in [-0.15, -0.1) is 11.8 Å². The van der Waals surface area contributed by atoms with Crippen molar-refractivity contribution in [2.75, 3.05) is 5.75 Å². The number of nitrogens with one attached hydrogen (secondary N) is 2. The third-order valence-electron chi connectivity index (χ3n) is 2.83. The Hall–Kier alpha value is -1.69. The summed E-state index contributed by atoms with van der Waals surface area (Å²) in [6.45, 7) is 0. The molecule has 2 aromatic rings. The predicted octanol–water partition coefficient (Wildman–Crippen LogP) is 3.69. The molecule has 0 bridgehead atoms. The molecule has 0 saturated carbocycles. The molecule has 7 heteroatoms. The molecule has 0 unspecified atom stereocenters. The molecule has 4 nitrogen and oxygen atoms in total. The smallest absolute Gasteiger partial charge is 0.271 e. The second kappa shape index (κ2) is 8.82. The van der Waals surface area contributed by atoms with Crippen molar-refractivity contribution in [3.8, 4) is 0 Å². The monoisotopic (exact) mass is 368 g/mol. The molecule has 0 atom stereocenters. The third-order valence-corrected chi connectivity index (χ3v) is 4.40. The Kier molecular flexibility index (Phi) is 6.77. The van der Waals surface area contributed by atoms with Crippen LogP contribution in [0.3, 0.4) is 0 Å². The lowest BCUT2D eigenvalue weighted by Crippen LogP contribution is -2.42. The van der Waals surface area contributed by atoms with Crippen LogP contribution in [0.1, 0.15) is 15.9 Å². The van der Waals surface area contributed by atoms with Crippen LogP contribution in [0, 0.1) is 0 Å². The highest BCUT2D eigenvalue weighted by Gasteiger charge is 2.12. The number of carbonyl (C=O) groups excluding carboxylic acids is 2. The lowest BCUT2D eigenvalue weighted by Gasteiger charge is -2.08. The number of hydrogen-bond donors (Lipinski definition) is 2. The molecule has 2 rings (SSSR count). The summed E-state index contributed by atoms with van der Waals surface area (Å²) in [5.41, 5.74) is 6.02. The fraction of sp³-hybridized carbons (Fsp3) is 0.125. The van der Waals surface area contributed by atoms with Gasteiger partial charge < -0.3 is 0 Å². The molecule has 120 valence electrons. The number of hydrazine groups is 1. The zero-order chi connectivity index (χ0) is 16.7. The quantitative estimate of drug-likeness (QED) is 0.791. The third kappa shape index (κ3) is 5.78. The molecule has 0 aromatic heterocycles. The first-order valence-corrected chi connectivity index (χ1v) is 8.63.